The second kappa shape index (κ2) is 6.45. The Morgan fingerprint density at radius 3 is 2.96 bits per heavy atom. The topological polar surface area (TPSA) is 85.8 Å². The van der Waals surface area contributed by atoms with Crippen LogP contribution >= 0.6 is 11.6 Å². The van der Waals surface area contributed by atoms with Gasteiger partial charge in [0.15, 0.2) is 5.76 Å². The Bertz CT molecular complexity index is 855. The number of amides is 1. The summed E-state index contributed by atoms with van der Waals surface area (Å²) >= 11 is 6.11. The van der Waals surface area contributed by atoms with E-state index in [1.807, 2.05) is 18.2 Å². The zero-order valence-corrected chi connectivity index (χ0v) is 12.7. The van der Waals surface area contributed by atoms with Crippen molar-refractivity contribution in [1.82, 2.24) is 20.2 Å². The van der Waals surface area contributed by atoms with E-state index in [1.54, 1.807) is 24.3 Å². The van der Waals surface area contributed by atoms with Gasteiger partial charge in [0.2, 0.25) is 0 Å². The zero-order chi connectivity index (χ0) is 16.2. The van der Waals surface area contributed by atoms with Crippen molar-refractivity contribution in [1.29, 1.82) is 0 Å². The summed E-state index contributed by atoms with van der Waals surface area (Å²) in [5.74, 6) is 0.248. The van der Waals surface area contributed by atoms with Gasteiger partial charge in [0.05, 0.1) is 11.6 Å². The Kier molecular flexibility index (Phi) is 4.20. The summed E-state index contributed by atoms with van der Waals surface area (Å²) in [5.41, 5.74) is 0.711. The molecule has 3 aromatic rings. The minimum atomic E-state index is -0.471. The molecule has 8 heteroatoms. The molecule has 0 fully saturated rings. The average Bonchev–Trinajstić information content (AvgIpc) is 3.18. The maximum atomic E-state index is 12.1. The Morgan fingerprint density at radius 1 is 1.35 bits per heavy atom. The van der Waals surface area contributed by atoms with Gasteiger partial charge >= 0.3 is 0 Å². The zero-order valence-electron chi connectivity index (χ0n) is 11.9. The summed E-state index contributed by atoms with van der Waals surface area (Å²) in [5, 5.41) is 14.5. The summed E-state index contributed by atoms with van der Waals surface area (Å²) in [7, 11) is 0. The second-order valence-electron chi connectivity index (χ2n) is 4.55. The van der Waals surface area contributed by atoms with Gasteiger partial charge in [-0.3, -0.25) is 10.1 Å². The van der Waals surface area contributed by atoms with Crippen molar-refractivity contribution in [2.45, 2.75) is 6.54 Å². The lowest BCUT2D eigenvalue weighted by Gasteiger charge is -2.00. The van der Waals surface area contributed by atoms with Crippen LogP contribution in [0, 0.1) is 0 Å². The van der Waals surface area contributed by atoms with Crippen LogP contribution in [0.1, 0.15) is 10.6 Å². The highest BCUT2D eigenvalue weighted by molar-refractivity contribution is 6.33. The number of carbonyl (C=O) groups excluding carboxylic acids is 1. The van der Waals surface area contributed by atoms with Crippen molar-refractivity contribution in [3.63, 3.8) is 0 Å². The molecule has 1 N–H and O–H groups in total. The number of anilines is 1. The Balaban J connectivity index is 1.75. The van der Waals surface area contributed by atoms with Gasteiger partial charge in [-0.1, -0.05) is 34.9 Å². The molecule has 0 radical (unpaired) electrons. The van der Waals surface area contributed by atoms with Crippen LogP contribution in [-0.4, -0.2) is 26.1 Å². The fraction of sp³-hybridized carbons (Fsp3) is 0.0667. The molecule has 0 spiro atoms. The van der Waals surface area contributed by atoms with Crippen LogP contribution in [0.3, 0.4) is 0 Å². The van der Waals surface area contributed by atoms with Gasteiger partial charge in [0.25, 0.3) is 11.9 Å². The van der Waals surface area contributed by atoms with Gasteiger partial charge in [-0.15, -0.1) is 11.7 Å². The van der Waals surface area contributed by atoms with E-state index in [-0.39, 0.29) is 11.7 Å². The van der Waals surface area contributed by atoms with Crippen molar-refractivity contribution >= 4 is 23.5 Å². The molecule has 0 bridgehead atoms. The molecule has 0 unspecified atom stereocenters. The molecule has 1 amide bonds. The van der Waals surface area contributed by atoms with E-state index in [4.69, 9.17) is 16.0 Å². The summed E-state index contributed by atoms with van der Waals surface area (Å²) in [6.07, 6.45) is 1.62. The average molecular weight is 330 g/mol. The monoisotopic (exact) mass is 329 g/mol. The Morgan fingerprint density at radius 2 is 2.17 bits per heavy atom. The largest absolute Gasteiger partial charge is 0.451 e. The third-order valence-corrected chi connectivity index (χ3v) is 3.27. The molecule has 0 aliphatic heterocycles. The molecule has 2 aromatic heterocycles. The molecule has 7 nitrogen and oxygen atoms in total. The van der Waals surface area contributed by atoms with E-state index in [2.05, 4.69) is 27.3 Å². The van der Waals surface area contributed by atoms with Crippen molar-refractivity contribution < 1.29 is 9.21 Å². The van der Waals surface area contributed by atoms with Crippen LogP contribution in [0.5, 0.6) is 0 Å². The van der Waals surface area contributed by atoms with E-state index >= 15 is 0 Å². The molecule has 0 aliphatic rings. The van der Waals surface area contributed by atoms with Crippen LogP contribution in [-0.2, 0) is 6.54 Å². The van der Waals surface area contributed by atoms with Crippen LogP contribution in [0.2, 0.25) is 5.02 Å². The molecule has 0 atom stereocenters. The number of nitrogens with one attached hydrogen (secondary N) is 1. The number of hydrogen-bond acceptors (Lipinski definition) is 5. The molecule has 23 heavy (non-hydrogen) atoms. The highest BCUT2D eigenvalue weighted by atomic mass is 35.5. The molecular formula is C15H12ClN5O2. The SMILES string of the molecule is C=CCn1nnc(NC(=O)c2ccc(-c3ccccc3Cl)o2)n1. The maximum absolute atomic E-state index is 12.1. The van der Waals surface area contributed by atoms with Gasteiger partial charge in [-0.05, 0) is 29.5 Å². The fourth-order valence-electron chi connectivity index (χ4n) is 1.91. The molecular weight excluding hydrogens is 318 g/mol. The summed E-state index contributed by atoms with van der Waals surface area (Å²) in [4.78, 5) is 13.4. The first kappa shape index (κ1) is 15.0. The number of rotatable bonds is 5. The van der Waals surface area contributed by atoms with E-state index in [0.717, 1.165) is 0 Å². The Labute approximate surface area is 136 Å². The van der Waals surface area contributed by atoms with E-state index in [1.165, 1.54) is 4.80 Å². The molecule has 1 aromatic carbocycles. The normalized spacial score (nSPS) is 10.5. The minimum absolute atomic E-state index is 0.0903. The minimum Gasteiger partial charge on any atom is -0.451 e. The van der Waals surface area contributed by atoms with Crippen LogP contribution in [0.15, 0.2) is 53.5 Å². The van der Waals surface area contributed by atoms with Crippen molar-refractivity contribution in [3.05, 3.63) is 59.8 Å². The highest BCUT2D eigenvalue weighted by Crippen LogP contribution is 2.29. The molecule has 116 valence electrons. The van der Waals surface area contributed by atoms with Gasteiger partial charge in [-0.2, -0.15) is 4.80 Å². The Hall–Kier alpha value is -2.93. The lowest BCUT2D eigenvalue weighted by atomic mass is 10.2. The maximum Gasteiger partial charge on any atom is 0.293 e. The number of halogens is 1. The van der Waals surface area contributed by atoms with Crippen molar-refractivity contribution in [3.8, 4) is 11.3 Å². The molecule has 0 saturated heterocycles. The summed E-state index contributed by atoms with van der Waals surface area (Å²) < 4.78 is 5.54. The number of hydrogen-bond donors (Lipinski definition) is 1. The fourth-order valence-corrected chi connectivity index (χ4v) is 2.14. The van der Waals surface area contributed by atoms with E-state index in [9.17, 15) is 4.79 Å². The second-order valence-corrected chi connectivity index (χ2v) is 4.96. The number of nitrogens with zero attached hydrogens (tertiary/aromatic N) is 4. The number of allylic oxidation sites excluding steroid dienone is 1. The van der Waals surface area contributed by atoms with E-state index in [0.29, 0.717) is 22.9 Å². The molecule has 3 rings (SSSR count). The highest BCUT2D eigenvalue weighted by Gasteiger charge is 2.15. The number of benzene rings is 1. The molecule has 2 heterocycles. The van der Waals surface area contributed by atoms with Gasteiger partial charge < -0.3 is 4.42 Å². The van der Waals surface area contributed by atoms with Gasteiger partial charge in [0, 0.05) is 5.56 Å². The third-order valence-electron chi connectivity index (χ3n) is 2.94. The predicted octanol–water partition coefficient (Wildman–Crippen LogP) is 3.02. The van der Waals surface area contributed by atoms with Gasteiger partial charge in [-0.25, -0.2) is 0 Å². The predicted molar refractivity (Wildman–Crippen MR) is 85.1 cm³/mol. The standard InChI is InChI=1S/C15H12ClN5O2/c1-2-9-21-19-15(18-20-21)17-14(22)13-8-7-12(23-13)10-5-3-4-6-11(10)16/h2-8H,1,9H2,(H,17,19,22). The molecule has 0 aliphatic carbocycles. The number of carbonyl (C=O) groups is 1. The number of aromatic nitrogens is 4. The number of tetrazole rings is 1. The van der Waals surface area contributed by atoms with Crippen LogP contribution in [0.4, 0.5) is 5.95 Å². The first-order valence-corrected chi connectivity index (χ1v) is 7.10. The lowest BCUT2D eigenvalue weighted by Crippen LogP contribution is -2.12. The number of furan rings is 1. The summed E-state index contributed by atoms with van der Waals surface area (Å²) in [6, 6.07) is 10.5. The summed E-state index contributed by atoms with van der Waals surface area (Å²) in [6.45, 7) is 3.97. The van der Waals surface area contributed by atoms with Crippen LogP contribution < -0.4 is 5.32 Å². The van der Waals surface area contributed by atoms with Crippen LogP contribution in [0.25, 0.3) is 11.3 Å². The van der Waals surface area contributed by atoms with E-state index < -0.39 is 5.91 Å². The molecule has 0 saturated carbocycles. The first-order valence-electron chi connectivity index (χ1n) is 6.72. The first-order chi connectivity index (χ1) is 11.2. The van der Waals surface area contributed by atoms with Gasteiger partial charge in [0.1, 0.15) is 5.76 Å². The van der Waals surface area contributed by atoms with Crippen molar-refractivity contribution in [2.75, 3.05) is 5.32 Å². The lowest BCUT2D eigenvalue weighted by molar-refractivity contribution is 0.0996. The smallest absolute Gasteiger partial charge is 0.293 e. The quantitative estimate of drug-likeness (QED) is 0.727. The van der Waals surface area contributed by atoms with Crippen molar-refractivity contribution in [2.24, 2.45) is 0 Å². The third kappa shape index (κ3) is 3.29.